The van der Waals surface area contributed by atoms with Crippen molar-refractivity contribution in [2.45, 2.75) is 45.6 Å². The highest BCUT2D eigenvalue weighted by molar-refractivity contribution is 7.96. The van der Waals surface area contributed by atoms with Gasteiger partial charge in [0.15, 0.2) is 0 Å². The molecule has 17 heteroatoms. The zero-order valence-corrected chi connectivity index (χ0v) is 35.7. The van der Waals surface area contributed by atoms with E-state index in [0.29, 0.717) is 31.9 Å². The van der Waals surface area contributed by atoms with Crippen LogP contribution in [0.2, 0.25) is 0 Å². The predicted octanol–water partition coefficient (Wildman–Crippen LogP) is 6.65. The Kier molecular flexibility index (Phi) is 14.7. The molecule has 1 aliphatic heterocycles. The number of amides is 2. The zero-order chi connectivity index (χ0) is 45.1. The lowest BCUT2D eigenvalue weighted by Gasteiger charge is -2.51. The molecule has 3 atom stereocenters. The molecule has 0 radical (unpaired) electrons. The molecule has 0 aliphatic carbocycles. The quantitative estimate of drug-likeness (QED) is 0.0199. The lowest BCUT2D eigenvalue weighted by molar-refractivity contribution is -0.385. The third kappa shape index (κ3) is 10.4. The molecule has 63 heavy (non-hydrogen) atoms. The highest BCUT2D eigenvalue weighted by Crippen LogP contribution is 2.50. The van der Waals surface area contributed by atoms with Crippen molar-refractivity contribution in [3.8, 4) is 0 Å². The van der Waals surface area contributed by atoms with Crippen LogP contribution in [0.5, 0.6) is 0 Å². The lowest BCUT2D eigenvalue weighted by Crippen LogP contribution is -2.69. The minimum Gasteiger partial charge on any atom is -0.456 e. The number of nitro groups is 2. The van der Waals surface area contributed by atoms with Gasteiger partial charge in [0.05, 0.1) is 21.8 Å². The van der Waals surface area contributed by atoms with Crippen molar-refractivity contribution in [2.24, 2.45) is 5.92 Å². The maximum atomic E-state index is 15.3. The molecule has 5 aromatic carbocycles. The Bertz CT molecular complexity index is 2490. The van der Waals surface area contributed by atoms with Gasteiger partial charge in [0.2, 0.25) is 11.8 Å². The third-order valence-electron chi connectivity index (χ3n) is 10.2. The van der Waals surface area contributed by atoms with E-state index >= 15 is 9.59 Å². The van der Waals surface area contributed by atoms with Gasteiger partial charge < -0.3 is 24.4 Å². The van der Waals surface area contributed by atoms with Crippen LogP contribution in [0.1, 0.15) is 31.4 Å². The molecule has 3 unspecified atom stereocenters. The first-order valence-corrected chi connectivity index (χ1v) is 21.7. The van der Waals surface area contributed by atoms with Crippen LogP contribution in [-0.4, -0.2) is 61.1 Å². The zero-order valence-electron chi connectivity index (χ0n) is 34.0. The average molecular weight is 889 g/mol. The number of nitrogens with zero attached hydrogens (tertiary/aromatic N) is 3. The number of β-lactam (4-membered cyclic amide) rings is 1. The van der Waals surface area contributed by atoms with Crippen LogP contribution in [0.15, 0.2) is 152 Å². The van der Waals surface area contributed by atoms with Crippen molar-refractivity contribution in [1.29, 1.82) is 0 Å². The molecule has 1 aliphatic rings. The standard InChI is InChI=1S/C46H41N4O11PS/c1-31(61-46(54)60-30-34-20-24-36(25-21-34)50(57)58)42-41(28-40(63)26-27-47-32(2)51)48(43(42)52)44(45(53)59-29-33-18-22-35(23-19-33)49(55)56)62(37-12-6-3-7-13-37,38-14-8-4-9-15-38)39-16-10-5-11-17-39/h3-27,31,41-42H,28-30H2,1-2H3,(H,47,51)/b27-26+. The summed E-state index contributed by atoms with van der Waals surface area (Å²) in [5.74, 6) is -2.81. The molecule has 0 saturated carbocycles. The summed E-state index contributed by atoms with van der Waals surface area (Å²) in [6.07, 6.45) is 0.619. The van der Waals surface area contributed by atoms with Crippen molar-refractivity contribution in [1.82, 2.24) is 10.2 Å². The summed E-state index contributed by atoms with van der Waals surface area (Å²) in [7, 11) is 0. The van der Waals surface area contributed by atoms with Gasteiger partial charge in [0.1, 0.15) is 24.7 Å². The van der Waals surface area contributed by atoms with Crippen LogP contribution in [0, 0.1) is 26.1 Å². The van der Waals surface area contributed by atoms with E-state index < -0.39 is 52.8 Å². The average Bonchev–Trinajstić information content (AvgIpc) is 3.28. The van der Waals surface area contributed by atoms with Gasteiger partial charge in [-0.1, -0.05) is 103 Å². The molecule has 2 amide bonds. The van der Waals surface area contributed by atoms with E-state index in [2.05, 4.69) is 5.32 Å². The highest BCUT2D eigenvalue weighted by Gasteiger charge is 2.56. The van der Waals surface area contributed by atoms with E-state index in [1.165, 1.54) is 79.6 Å². The van der Waals surface area contributed by atoms with Gasteiger partial charge in [0, 0.05) is 55.6 Å². The molecule has 6 rings (SSSR count). The van der Waals surface area contributed by atoms with Gasteiger partial charge in [-0.05, 0) is 64.3 Å². The topological polar surface area (TPSA) is 198 Å². The van der Waals surface area contributed by atoms with Crippen LogP contribution in [-0.2, 0) is 41.8 Å². The first kappa shape index (κ1) is 45.2. The maximum Gasteiger partial charge on any atom is 0.508 e. The first-order chi connectivity index (χ1) is 30.3. The molecule has 15 nitrogen and oxygen atoms in total. The fourth-order valence-corrected chi connectivity index (χ4v) is 11.9. The summed E-state index contributed by atoms with van der Waals surface area (Å²) in [5, 5.41) is 27.2. The van der Waals surface area contributed by atoms with Gasteiger partial charge in [-0.2, -0.15) is 0 Å². The van der Waals surface area contributed by atoms with Crippen LogP contribution >= 0.6 is 19.1 Å². The molecular weight excluding hydrogens is 848 g/mol. The number of nitrogens with one attached hydrogen (secondary N) is 1. The van der Waals surface area contributed by atoms with Crippen molar-refractivity contribution < 1.29 is 43.2 Å². The lowest BCUT2D eigenvalue weighted by atomic mass is 9.80. The first-order valence-electron chi connectivity index (χ1n) is 19.5. The van der Waals surface area contributed by atoms with E-state index in [9.17, 15) is 29.8 Å². The van der Waals surface area contributed by atoms with Gasteiger partial charge >= 0.3 is 12.1 Å². The second kappa shape index (κ2) is 20.5. The van der Waals surface area contributed by atoms with Crippen molar-refractivity contribution in [3.63, 3.8) is 0 Å². The number of nitro benzene ring substituents is 2. The SMILES string of the molecule is CC(=O)N/C=C/C(=S)CC1C(C(C)OC(=O)OCc2ccc([N+](=O)[O-])cc2)C(=O)N1C(C(=O)OCc1ccc([N+](=O)[O-])cc1)=P(c1ccccc1)(c1ccccc1)c1ccccc1. The summed E-state index contributed by atoms with van der Waals surface area (Å²) in [4.78, 5) is 78.2. The van der Waals surface area contributed by atoms with Gasteiger partial charge in [-0.25, -0.2) is 9.59 Å². The Balaban J connectivity index is 1.49. The summed E-state index contributed by atoms with van der Waals surface area (Å²) < 4.78 is 17.1. The fourth-order valence-electron chi connectivity index (χ4n) is 7.29. The van der Waals surface area contributed by atoms with Gasteiger partial charge in [0.25, 0.3) is 11.4 Å². The molecular formula is C46H41N4O11PS. The normalized spacial score (nSPS) is 15.1. The number of carbonyl (C=O) groups excluding carboxylic acids is 4. The fraction of sp³-hybridized carbons (Fsp3) is 0.174. The number of hydrogen-bond acceptors (Lipinski definition) is 12. The van der Waals surface area contributed by atoms with Crippen molar-refractivity contribution >= 4 is 80.6 Å². The summed E-state index contributed by atoms with van der Waals surface area (Å²) in [6, 6.07) is 38.0. The Morgan fingerprint density at radius 3 is 1.62 bits per heavy atom. The number of rotatable bonds is 17. The van der Waals surface area contributed by atoms with Crippen molar-refractivity contribution in [2.75, 3.05) is 0 Å². The number of allylic oxidation sites excluding steroid dienone is 1. The second-order valence-corrected chi connectivity index (χ2v) is 18.1. The Morgan fingerprint density at radius 1 is 0.746 bits per heavy atom. The van der Waals surface area contributed by atoms with E-state index in [-0.39, 0.29) is 42.3 Å². The number of thiocarbonyl (C=S) groups is 1. The summed E-state index contributed by atoms with van der Waals surface area (Å²) >= 11 is 5.78. The van der Waals surface area contributed by atoms with E-state index in [0.717, 1.165) is 0 Å². The molecule has 322 valence electrons. The smallest absolute Gasteiger partial charge is 0.456 e. The van der Waals surface area contributed by atoms with Gasteiger partial charge in [-0.3, -0.25) is 29.8 Å². The van der Waals surface area contributed by atoms with E-state index in [1.54, 1.807) is 0 Å². The molecule has 1 N–H and O–H groups in total. The number of esters is 1. The van der Waals surface area contributed by atoms with E-state index in [1.807, 2.05) is 91.0 Å². The molecule has 1 fully saturated rings. The minimum absolute atomic E-state index is 0.0147. The number of carbonyl (C=O) groups is 4. The van der Waals surface area contributed by atoms with Crippen LogP contribution in [0.3, 0.4) is 0 Å². The second-order valence-electron chi connectivity index (χ2n) is 14.3. The Morgan fingerprint density at radius 2 is 1.19 bits per heavy atom. The molecule has 0 aromatic heterocycles. The highest BCUT2D eigenvalue weighted by atomic mass is 32.1. The number of ether oxygens (including phenoxy) is 3. The third-order valence-corrected chi connectivity index (χ3v) is 14.8. The minimum atomic E-state index is -3.41. The van der Waals surface area contributed by atoms with Crippen LogP contribution in [0.25, 0.3) is 0 Å². The van der Waals surface area contributed by atoms with Crippen LogP contribution < -0.4 is 21.2 Å². The molecule has 0 bridgehead atoms. The molecule has 5 aromatic rings. The van der Waals surface area contributed by atoms with E-state index in [4.69, 9.17) is 26.4 Å². The molecule has 1 saturated heterocycles. The summed E-state index contributed by atoms with van der Waals surface area (Å²) in [5.41, 5.74) is 0.651. The maximum absolute atomic E-state index is 15.3. The number of likely N-dealkylation sites (tertiary alicyclic amines) is 1. The largest absolute Gasteiger partial charge is 0.508 e. The Labute approximate surface area is 367 Å². The monoisotopic (exact) mass is 888 g/mol. The predicted molar refractivity (Wildman–Crippen MR) is 241 cm³/mol. The number of non-ortho nitro benzene ring substituents is 2. The van der Waals surface area contributed by atoms with Crippen LogP contribution in [0.4, 0.5) is 16.2 Å². The molecule has 1 heterocycles. The Hall–Kier alpha value is -7.29. The summed E-state index contributed by atoms with van der Waals surface area (Å²) in [6.45, 7) is -1.12. The van der Waals surface area contributed by atoms with Gasteiger partial charge in [-0.15, -0.1) is 0 Å². The number of hydrogen-bond donors (Lipinski definition) is 1. The van der Waals surface area contributed by atoms with Crippen molar-refractivity contribution in [3.05, 3.63) is 183 Å². The number of benzene rings is 5. The molecule has 0 spiro atoms.